The number of amides is 1. The molecule has 11 heteroatoms. The Hall–Kier alpha value is -2.66. The minimum atomic E-state index is -3.70. The first-order chi connectivity index (χ1) is 15.7. The van der Waals surface area contributed by atoms with E-state index in [2.05, 4.69) is 5.32 Å². The zero-order chi connectivity index (χ0) is 24.0. The molecule has 3 rings (SSSR count). The molecule has 2 aromatic carbocycles. The van der Waals surface area contributed by atoms with Gasteiger partial charge in [-0.15, -0.1) is 0 Å². The van der Waals surface area contributed by atoms with Crippen LogP contribution < -0.4 is 10.1 Å². The molecule has 1 aliphatic heterocycles. The van der Waals surface area contributed by atoms with Gasteiger partial charge in [-0.05, 0) is 49.4 Å². The maximum atomic E-state index is 12.9. The van der Waals surface area contributed by atoms with Gasteiger partial charge < -0.3 is 14.8 Å². The van der Waals surface area contributed by atoms with Crippen LogP contribution in [0.2, 0.25) is 5.02 Å². The summed E-state index contributed by atoms with van der Waals surface area (Å²) in [6.45, 7) is 3.41. The Bertz CT molecular complexity index is 1100. The highest BCUT2D eigenvalue weighted by Gasteiger charge is 2.29. The van der Waals surface area contributed by atoms with Crippen LogP contribution in [0.4, 0.5) is 5.69 Å². The largest absolute Gasteiger partial charge is 0.495 e. The summed E-state index contributed by atoms with van der Waals surface area (Å²) in [5.41, 5.74) is 0.850. The molecule has 0 bridgehead atoms. The van der Waals surface area contributed by atoms with Gasteiger partial charge in [0.25, 0.3) is 0 Å². The van der Waals surface area contributed by atoms with Gasteiger partial charge in [0.1, 0.15) is 5.75 Å². The van der Waals surface area contributed by atoms with Crippen LogP contribution in [0.5, 0.6) is 5.75 Å². The Morgan fingerprint density at radius 3 is 2.30 bits per heavy atom. The molecule has 0 saturated carbocycles. The predicted molar refractivity (Wildman–Crippen MR) is 124 cm³/mol. The van der Waals surface area contributed by atoms with E-state index < -0.39 is 16.0 Å². The number of benzene rings is 2. The Labute approximate surface area is 198 Å². The zero-order valence-corrected chi connectivity index (χ0v) is 20.0. The number of halogens is 1. The third kappa shape index (κ3) is 6.23. The number of sulfonamides is 1. The first kappa shape index (κ1) is 25.0. The summed E-state index contributed by atoms with van der Waals surface area (Å²) in [7, 11) is -2.19. The Kier molecular flexibility index (Phi) is 8.30. The number of carbonyl (C=O) groups is 2. The number of anilines is 1. The van der Waals surface area contributed by atoms with E-state index in [1.807, 2.05) is 4.90 Å². The molecule has 1 aliphatic rings. The number of methoxy groups -OCH3 is 1. The number of hydrogen-bond acceptors (Lipinski definition) is 7. The van der Waals surface area contributed by atoms with Crippen molar-refractivity contribution in [2.24, 2.45) is 0 Å². The molecule has 9 nitrogen and oxygen atoms in total. The van der Waals surface area contributed by atoms with Gasteiger partial charge in [0.15, 0.2) is 0 Å². The molecule has 1 heterocycles. The summed E-state index contributed by atoms with van der Waals surface area (Å²) in [6, 6.07) is 10.7. The Balaban J connectivity index is 1.53. The fourth-order valence-corrected chi connectivity index (χ4v) is 5.08. The highest BCUT2D eigenvalue weighted by molar-refractivity contribution is 7.89. The lowest BCUT2D eigenvalue weighted by atomic mass is 10.2. The van der Waals surface area contributed by atoms with E-state index in [0.717, 1.165) is 0 Å². The molecule has 0 radical (unpaired) electrons. The molecule has 2 aromatic rings. The Morgan fingerprint density at radius 1 is 1.06 bits per heavy atom. The van der Waals surface area contributed by atoms with Crippen molar-refractivity contribution in [3.05, 3.63) is 53.1 Å². The number of ether oxygens (including phenoxy) is 2. The van der Waals surface area contributed by atoms with Gasteiger partial charge in [-0.25, -0.2) is 13.2 Å². The van der Waals surface area contributed by atoms with Crippen LogP contribution in [0.1, 0.15) is 17.3 Å². The Morgan fingerprint density at radius 2 is 1.73 bits per heavy atom. The fourth-order valence-electron chi connectivity index (χ4n) is 3.40. The summed E-state index contributed by atoms with van der Waals surface area (Å²) in [5, 5.41) is 3.17. The number of rotatable bonds is 8. The standard InChI is InChI=1S/C22H26ClN3O6S/c1-3-32-22(28)16-4-7-18(8-5-16)33(29,30)26-12-10-25(11-13-26)15-21(27)24-17-6-9-20(31-2)19(23)14-17/h4-9,14H,3,10-13,15H2,1-2H3,(H,24,27). The number of nitrogens with zero attached hydrogens (tertiary/aromatic N) is 2. The van der Waals surface area contributed by atoms with Gasteiger partial charge in [0, 0.05) is 31.9 Å². The molecule has 0 aliphatic carbocycles. The smallest absolute Gasteiger partial charge is 0.338 e. The van der Waals surface area contributed by atoms with E-state index in [1.54, 1.807) is 25.1 Å². The fraction of sp³-hybridized carbons (Fsp3) is 0.364. The van der Waals surface area contributed by atoms with Crippen LogP contribution in [-0.4, -0.2) is 75.9 Å². The summed E-state index contributed by atoms with van der Waals surface area (Å²) >= 11 is 6.08. The van der Waals surface area contributed by atoms with E-state index in [0.29, 0.717) is 35.1 Å². The van der Waals surface area contributed by atoms with Crippen molar-refractivity contribution in [2.75, 3.05) is 51.8 Å². The number of piperazine rings is 1. The molecule has 178 valence electrons. The molecule has 1 N–H and O–H groups in total. The van der Waals surface area contributed by atoms with E-state index in [-0.39, 0.29) is 37.0 Å². The maximum Gasteiger partial charge on any atom is 0.338 e. The van der Waals surface area contributed by atoms with E-state index in [9.17, 15) is 18.0 Å². The monoisotopic (exact) mass is 495 g/mol. The maximum absolute atomic E-state index is 12.9. The molecule has 0 aromatic heterocycles. The third-order valence-electron chi connectivity index (χ3n) is 5.14. The quantitative estimate of drug-likeness (QED) is 0.561. The zero-order valence-electron chi connectivity index (χ0n) is 18.4. The molecule has 0 unspecified atom stereocenters. The normalized spacial score (nSPS) is 15.1. The lowest BCUT2D eigenvalue weighted by Gasteiger charge is -2.33. The van der Waals surface area contributed by atoms with Gasteiger partial charge in [-0.3, -0.25) is 9.69 Å². The van der Waals surface area contributed by atoms with Crippen LogP contribution >= 0.6 is 11.6 Å². The van der Waals surface area contributed by atoms with Crippen LogP contribution in [0.15, 0.2) is 47.4 Å². The molecule has 33 heavy (non-hydrogen) atoms. The van der Waals surface area contributed by atoms with Crippen molar-refractivity contribution in [1.82, 2.24) is 9.21 Å². The van der Waals surface area contributed by atoms with Gasteiger partial charge in [0.05, 0.1) is 35.7 Å². The lowest BCUT2D eigenvalue weighted by molar-refractivity contribution is -0.117. The number of carbonyl (C=O) groups excluding carboxylic acids is 2. The molecular weight excluding hydrogens is 470 g/mol. The minimum Gasteiger partial charge on any atom is -0.495 e. The van der Waals surface area contributed by atoms with Crippen molar-refractivity contribution in [3.63, 3.8) is 0 Å². The average Bonchev–Trinajstić information content (AvgIpc) is 2.80. The van der Waals surface area contributed by atoms with Crippen molar-refractivity contribution in [2.45, 2.75) is 11.8 Å². The van der Waals surface area contributed by atoms with E-state index in [1.165, 1.54) is 35.7 Å². The highest BCUT2D eigenvalue weighted by Crippen LogP contribution is 2.27. The number of hydrogen-bond donors (Lipinski definition) is 1. The van der Waals surface area contributed by atoms with Crippen molar-refractivity contribution >= 4 is 39.2 Å². The number of nitrogens with one attached hydrogen (secondary N) is 1. The first-order valence-corrected chi connectivity index (χ1v) is 12.2. The van der Waals surface area contributed by atoms with E-state index in [4.69, 9.17) is 21.1 Å². The molecule has 1 fully saturated rings. The SMILES string of the molecule is CCOC(=O)c1ccc(S(=O)(=O)N2CCN(CC(=O)Nc3ccc(OC)c(Cl)c3)CC2)cc1. The van der Waals surface area contributed by atoms with Gasteiger partial charge >= 0.3 is 5.97 Å². The molecule has 1 amide bonds. The van der Waals surface area contributed by atoms with Gasteiger partial charge in [-0.2, -0.15) is 4.31 Å². The molecular formula is C22H26ClN3O6S. The lowest BCUT2D eigenvalue weighted by Crippen LogP contribution is -2.50. The highest BCUT2D eigenvalue weighted by atomic mass is 35.5. The van der Waals surface area contributed by atoms with Gasteiger partial charge in [0.2, 0.25) is 15.9 Å². The van der Waals surface area contributed by atoms with Crippen LogP contribution in [0.3, 0.4) is 0 Å². The van der Waals surface area contributed by atoms with Crippen molar-refractivity contribution < 1.29 is 27.5 Å². The second kappa shape index (κ2) is 11.0. The summed E-state index contributed by atoms with van der Waals surface area (Å²) in [6.07, 6.45) is 0. The third-order valence-corrected chi connectivity index (χ3v) is 7.35. The van der Waals surface area contributed by atoms with Crippen molar-refractivity contribution in [1.29, 1.82) is 0 Å². The summed E-state index contributed by atoms with van der Waals surface area (Å²) in [5.74, 6) is -0.199. The first-order valence-electron chi connectivity index (χ1n) is 10.4. The van der Waals surface area contributed by atoms with Crippen LogP contribution in [-0.2, 0) is 19.6 Å². The molecule has 1 saturated heterocycles. The van der Waals surface area contributed by atoms with Crippen molar-refractivity contribution in [3.8, 4) is 5.75 Å². The summed E-state index contributed by atoms with van der Waals surface area (Å²) < 4.78 is 37.3. The second-order valence-corrected chi connectivity index (χ2v) is 9.67. The van der Waals surface area contributed by atoms with Crippen LogP contribution in [0.25, 0.3) is 0 Å². The summed E-state index contributed by atoms with van der Waals surface area (Å²) in [4.78, 5) is 26.1. The minimum absolute atomic E-state index is 0.109. The van der Waals surface area contributed by atoms with Crippen LogP contribution in [0, 0.1) is 0 Å². The average molecular weight is 496 g/mol. The second-order valence-electron chi connectivity index (χ2n) is 7.32. The number of esters is 1. The van der Waals surface area contributed by atoms with Gasteiger partial charge in [-0.1, -0.05) is 11.6 Å². The predicted octanol–water partition coefficient (Wildman–Crippen LogP) is 2.47. The molecule has 0 spiro atoms. The molecule has 0 atom stereocenters. The van der Waals surface area contributed by atoms with E-state index >= 15 is 0 Å². The topological polar surface area (TPSA) is 105 Å².